The van der Waals surface area contributed by atoms with Gasteiger partial charge in [0.1, 0.15) is 11.4 Å². The van der Waals surface area contributed by atoms with E-state index in [0.717, 1.165) is 0 Å². The molecule has 2 rings (SSSR count). The van der Waals surface area contributed by atoms with E-state index in [4.69, 9.17) is 18.9 Å². The van der Waals surface area contributed by atoms with Gasteiger partial charge in [-0.15, -0.1) is 0 Å². The van der Waals surface area contributed by atoms with Crippen molar-refractivity contribution in [3.63, 3.8) is 0 Å². The van der Waals surface area contributed by atoms with Crippen LogP contribution in [-0.4, -0.2) is 94.1 Å². The number of aryl methyl sites for hydroxylation is 2. The van der Waals surface area contributed by atoms with Crippen LogP contribution in [0.5, 0.6) is 0 Å². The molecule has 42 heavy (non-hydrogen) atoms. The molecule has 16 heteroatoms. The minimum Gasteiger partial charge on any atom is -0.464 e. The number of aromatic nitrogens is 4. The maximum atomic E-state index is 12.0. The second-order valence-corrected chi connectivity index (χ2v) is 7.91. The molecule has 2 aromatic heterocycles. The van der Waals surface area contributed by atoms with Crippen LogP contribution < -0.4 is 10.6 Å². The predicted molar refractivity (Wildman–Crippen MR) is 143 cm³/mol. The first kappa shape index (κ1) is 35.0. The summed E-state index contributed by atoms with van der Waals surface area (Å²) >= 11 is 0. The molecule has 0 atom stereocenters. The number of carbonyl (C=O) groups excluding carboxylic acids is 6. The summed E-state index contributed by atoms with van der Waals surface area (Å²) in [6, 6.07) is -3.05. The van der Waals surface area contributed by atoms with Gasteiger partial charge < -0.3 is 29.6 Å². The standard InChI is InChI=1S/2C13H17N3O5/c2*1-4-20-12(18)10(13(19)21-5-2)16-11(17)9-7-14-8(3)6-15-9/h2*6-7,10H,4-5H2,1-3H3,(H,16,17). The van der Waals surface area contributed by atoms with E-state index >= 15 is 0 Å². The molecule has 0 bridgehead atoms. The van der Waals surface area contributed by atoms with Gasteiger partial charge in [-0.05, 0) is 41.5 Å². The molecule has 2 amide bonds. The van der Waals surface area contributed by atoms with Crippen molar-refractivity contribution in [3.8, 4) is 0 Å². The van der Waals surface area contributed by atoms with Crippen LogP contribution in [0.4, 0.5) is 0 Å². The van der Waals surface area contributed by atoms with E-state index in [1.54, 1.807) is 41.5 Å². The van der Waals surface area contributed by atoms with Crippen molar-refractivity contribution < 1.29 is 47.7 Å². The molecule has 0 saturated heterocycles. The Kier molecular flexibility index (Phi) is 15.3. The molecule has 0 unspecified atom stereocenters. The molecule has 0 fully saturated rings. The van der Waals surface area contributed by atoms with Gasteiger partial charge >= 0.3 is 23.9 Å². The van der Waals surface area contributed by atoms with Crippen LogP contribution in [0.25, 0.3) is 0 Å². The molecule has 2 heterocycles. The average Bonchev–Trinajstić information content (AvgIpc) is 2.95. The molecule has 0 aromatic carbocycles. The summed E-state index contributed by atoms with van der Waals surface area (Å²) < 4.78 is 18.9. The maximum absolute atomic E-state index is 12.0. The number of carbonyl (C=O) groups is 6. The summed E-state index contributed by atoms with van der Waals surface area (Å²) in [7, 11) is 0. The Labute approximate surface area is 241 Å². The number of esters is 4. The Bertz CT molecular complexity index is 1090. The van der Waals surface area contributed by atoms with Crippen molar-refractivity contribution in [2.24, 2.45) is 0 Å². The first-order valence-corrected chi connectivity index (χ1v) is 12.8. The van der Waals surface area contributed by atoms with Crippen molar-refractivity contribution in [2.45, 2.75) is 53.6 Å². The lowest BCUT2D eigenvalue weighted by atomic mass is 10.2. The van der Waals surface area contributed by atoms with Gasteiger partial charge in [0.15, 0.2) is 0 Å². The number of nitrogens with one attached hydrogen (secondary N) is 2. The third kappa shape index (κ3) is 11.6. The summed E-state index contributed by atoms with van der Waals surface area (Å²) in [5.74, 6) is -4.97. The van der Waals surface area contributed by atoms with E-state index in [9.17, 15) is 28.8 Å². The molecule has 0 spiro atoms. The molecule has 0 aliphatic carbocycles. The molecule has 0 saturated carbocycles. The van der Waals surface area contributed by atoms with E-state index < -0.39 is 47.8 Å². The molecule has 0 aliphatic rings. The number of nitrogens with zero attached hydrogens (tertiary/aromatic N) is 4. The zero-order chi connectivity index (χ0) is 31.7. The van der Waals surface area contributed by atoms with Gasteiger partial charge in [-0.25, -0.2) is 29.1 Å². The molecule has 0 aliphatic heterocycles. The van der Waals surface area contributed by atoms with Crippen molar-refractivity contribution in [1.29, 1.82) is 0 Å². The lowest BCUT2D eigenvalue weighted by Gasteiger charge is -2.15. The highest BCUT2D eigenvalue weighted by molar-refractivity contribution is 6.05. The fraction of sp³-hybridized carbons (Fsp3) is 0.462. The van der Waals surface area contributed by atoms with E-state index in [2.05, 4.69) is 30.6 Å². The van der Waals surface area contributed by atoms with Crippen molar-refractivity contribution in [3.05, 3.63) is 47.6 Å². The molecular formula is C26H34N6O10. The minimum atomic E-state index is -1.53. The first-order chi connectivity index (χ1) is 20.0. The second kappa shape index (κ2) is 18.4. The van der Waals surface area contributed by atoms with Crippen molar-refractivity contribution >= 4 is 35.7 Å². The van der Waals surface area contributed by atoms with Crippen LogP contribution in [-0.2, 0) is 38.1 Å². The highest BCUT2D eigenvalue weighted by Crippen LogP contribution is 2.01. The highest BCUT2D eigenvalue weighted by atomic mass is 16.6. The molecule has 2 aromatic rings. The van der Waals surface area contributed by atoms with Crippen molar-refractivity contribution in [1.82, 2.24) is 30.6 Å². The van der Waals surface area contributed by atoms with Gasteiger partial charge in [-0.1, -0.05) is 0 Å². The number of ether oxygens (including phenoxy) is 4. The Morgan fingerprint density at radius 2 is 0.833 bits per heavy atom. The van der Waals surface area contributed by atoms with Gasteiger partial charge in [0.25, 0.3) is 11.8 Å². The Balaban J connectivity index is 0.000000420. The smallest absolute Gasteiger partial charge is 0.340 e. The number of hydrogen-bond acceptors (Lipinski definition) is 14. The summed E-state index contributed by atoms with van der Waals surface area (Å²) in [5, 5.41) is 4.46. The van der Waals surface area contributed by atoms with Gasteiger partial charge in [0.05, 0.1) is 50.2 Å². The van der Waals surface area contributed by atoms with E-state index in [1.807, 2.05) is 0 Å². The van der Waals surface area contributed by atoms with E-state index in [0.29, 0.717) is 11.4 Å². The summed E-state index contributed by atoms with van der Waals surface area (Å²) in [5.41, 5.74) is 1.25. The zero-order valence-electron chi connectivity index (χ0n) is 24.2. The number of amides is 2. The number of hydrogen-bond donors (Lipinski definition) is 2. The third-order valence-corrected chi connectivity index (χ3v) is 4.67. The Morgan fingerprint density at radius 1 is 0.548 bits per heavy atom. The van der Waals surface area contributed by atoms with Crippen LogP contribution >= 0.6 is 0 Å². The first-order valence-electron chi connectivity index (χ1n) is 12.8. The number of rotatable bonds is 12. The Hall–Kier alpha value is -5.02. The van der Waals surface area contributed by atoms with E-state index in [-0.39, 0.29) is 37.8 Å². The maximum Gasteiger partial charge on any atom is 0.340 e. The monoisotopic (exact) mass is 590 g/mol. The van der Waals surface area contributed by atoms with E-state index in [1.165, 1.54) is 24.8 Å². The SMILES string of the molecule is CCOC(=O)C(NC(=O)c1cnc(C)cn1)C(=O)OCC.CCOC(=O)C(NC(=O)c1cnc(C)cn1)C(=O)OCC. The lowest BCUT2D eigenvalue weighted by molar-refractivity contribution is -0.159. The molecule has 0 radical (unpaired) electrons. The molecule has 2 N–H and O–H groups in total. The summed E-state index contributed by atoms with van der Waals surface area (Å²) in [6.45, 7) is 10.1. The van der Waals surface area contributed by atoms with Crippen LogP contribution in [0, 0.1) is 13.8 Å². The molecule has 228 valence electrons. The van der Waals surface area contributed by atoms with Crippen molar-refractivity contribution in [2.75, 3.05) is 26.4 Å². The topological polar surface area (TPSA) is 215 Å². The van der Waals surface area contributed by atoms with Gasteiger partial charge in [0, 0.05) is 12.4 Å². The molecular weight excluding hydrogens is 556 g/mol. The zero-order valence-corrected chi connectivity index (χ0v) is 24.2. The van der Waals surface area contributed by atoms with Gasteiger partial charge in [-0.2, -0.15) is 0 Å². The van der Waals surface area contributed by atoms with Gasteiger partial charge in [0.2, 0.25) is 12.1 Å². The largest absolute Gasteiger partial charge is 0.464 e. The predicted octanol–water partition coefficient (Wildman–Crippen LogP) is 0.0192. The third-order valence-electron chi connectivity index (χ3n) is 4.67. The summed E-state index contributed by atoms with van der Waals surface area (Å²) in [4.78, 5) is 86.3. The average molecular weight is 591 g/mol. The quantitative estimate of drug-likeness (QED) is 0.189. The Morgan fingerprint density at radius 3 is 1.05 bits per heavy atom. The van der Waals surface area contributed by atoms with Crippen LogP contribution in [0.15, 0.2) is 24.8 Å². The van der Waals surface area contributed by atoms with Crippen LogP contribution in [0.3, 0.4) is 0 Å². The van der Waals surface area contributed by atoms with Crippen LogP contribution in [0.1, 0.15) is 60.1 Å². The fourth-order valence-corrected chi connectivity index (χ4v) is 2.76. The van der Waals surface area contributed by atoms with Crippen LogP contribution in [0.2, 0.25) is 0 Å². The normalized spacial score (nSPS) is 10.1. The summed E-state index contributed by atoms with van der Waals surface area (Å²) in [6.07, 6.45) is 5.30. The fourth-order valence-electron chi connectivity index (χ4n) is 2.76. The second-order valence-electron chi connectivity index (χ2n) is 7.91. The minimum absolute atomic E-state index is 0.0146. The molecule has 16 nitrogen and oxygen atoms in total. The highest BCUT2D eigenvalue weighted by Gasteiger charge is 2.33. The van der Waals surface area contributed by atoms with Gasteiger partial charge in [-0.3, -0.25) is 19.6 Å². The lowest BCUT2D eigenvalue weighted by Crippen LogP contribution is -2.48.